The molecule has 2 fully saturated rings. The predicted molar refractivity (Wildman–Crippen MR) is 138 cm³/mol. The quantitative estimate of drug-likeness (QED) is 0.0884. The number of aliphatic hydroxyl groups excluding tert-OH is 6. The molecule has 8 atom stereocenters. The molecule has 41 heavy (non-hydrogen) atoms. The lowest BCUT2D eigenvalue weighted by Gasteiger charge is -2.16. The van der Waals surface area contributed by atoms with Gasteiger partial charge in [-0.1, -0.05) is 0 Å². The molecule has 18 nitrogen and oxygen atoms in total. The number of imidazole rings is 2. The highest BCUT2D eigenvalue weighted by Crippen LogP contribution is 2.33. The van der Waals surface area contributed by atoms with Gasteiger partial charge in [0.25, 0.3) is 0 Å². The molecule has 4 aromatic rings. The first-order chi connectivity index (χ1) is 19.9. The van der Waals surface area contributed by atoms with Crippen LogP contribution in [-0.4, -0.2) is 133 Å². The molecular formula is C23H30N10O8. The number of hydrogen-bond donors (Lipinski definition) is 8. The van der Waals surface area contributed by atoms with Crippen molar-refractivity contribution in [3.8, 4) is 0 Å². The lowest BCUT2D eigenvalue weighted by Crippen LogP contribution is -2.33. The van der Waals surface area contributed by atoms with Crippen LogP contribution >= 0.6 is 0 Å². The first-order valence-electron chi connectivity index (χ1n) is 13.0. The molecule has 6 rings (SSSR count). The van der Waals surface area contributed by atoms with E-state index in [0.717, 1.165) is 0 Å². The maximum Gasteiger partial charge on any atom is 0.167 e. The Bertz CT molecular complexity index is 1390. The largest absolute Gasteiger partial charge is 0.394 e. The second-order valence-corrected chi connectivity index (χ2v) is 9.76. The Morgan fingerprint density at radius 2 is 1.07 bits per heavy atom. The molecule has 6 heterocycles. The Balaban J connectivity index is 1.08. The van der Waals surface area contributed by atoms with Crippen molar-refractivity contribution in [2.45, 2.75) is 55.5 Å². The topological polar surface area (TPSA) is 251 Å². The molecule has 2 aliphatic rings. The maximum atomic E-state index is 10.4. The number of nitrogens with zero attached hydrogens (tertiary/aromatic N) is 8. The summed E-state index contributed by atoms with van der Waals surface area (Å²) in [5, 5.41) is 66.1. The Morgan fingerprint density at radius 3 is 1.46 bits per heavy atom. The summed E-state index contributed by atoms with van der Waals surface area (Å²) < 4.78 is 14.2. The van der Waals surface area contributed by atoms with Crippen LogP contribution in [0.3, 0.4) is 0 Å². The first kappa shape index (κ1) is 27.5. The van der Waals surface area contributed by atoms with E-state index in [2.05, 4.69) is 40.5 Å². The minimum Gasteiger partial charge on any atom is -0.394 e. The molecule has 2 aliphatic heterocycles. The van der Waals surface area contributed by atoms with Crippen LogP contribution in [0.5, 0.6) is 0 Å². The summed E-state index contributed by atoms with van der Waals surface area (Å²) in [5.74, 6) is 0.948. The monoisotopic (exact) mass is 574 g/mol. The van der Waals surface area contributed by atoms with E-state index in [1.807, 2.05) is 0 Å². The Labute approximate surface area is 231 Å². The van der Waals surface area contributed by atoms with E-state index in [0.29, 0.717) is 53.5 Å². The van der Waals surface area contributed by atoms with Gasteiger partial charge in [0, 0.05) is 13.1 Å². The van der Waals surface area contributed by atoms with Crippen LogP contribution in [0.15, 0.2) is 25.3 Å². The minimum atomic E-state index is -1.26. The van der Waals surface area contributed by atoms with Crippen LogP contribution < -0.4 is 10.6 Å². The van der Waals surface area contributed by atoms with Gasteiger partial charge in [-0.15, -0.1) is 0 Å². The van der Waals surface area contributed by atoms with Gasteiger partial charge in [-0.05, 0) is 6.42 Å². The van der Waals surface area contributed by atoms with E-state index in [1.54, 1.807) is 0 Å². The average molecular weight is 575 g/mol. The van der Waals surface area contributed by atoms with Crippen LogP contribution in [0.1, 0.15) is 18.9 Å². The van der Waals surface area contributed by atoms with E-state index in [4.69, 9.17) is 9.47 Å². The number of nitrogens with one attached hydrogen (secondary N) is 2. The molecule has 0 radical (unpaired) electrons. The number of anilines is 2. The molecule has 0 amide bonds. The summed E-state index contributed by atoms with van der Waals surface area (Å²) in [6, 6.07) is 0. The molecule has 220 valence electrons. The smallest absolute Gasteiger partial charge is 0.167 e. The van der Waals surface area contributed by atoms with Gasteiger partial charge in [-0.25, -0.2) is 29.9 Å². The van der Waals surface area contributed by atoms with Crippen LogP contribution in [0, 0.1) is 0 Å². The second-order valence-electron chi connectivity index (χ2n) is 9.76. The van der Waals surface area contributed by atoms with Crippen molar-refractivity contribution in [3.63, 3.8) is 0 Å². The lowest BCUT2D eigenvalue weighted by molar-refractivity contribution is -0.0511. The van der Waals surface area contributed by atoms with Crippen molar-refractivity contribution < 1.29 is 40.1 Å². The van der Waals surface area contributed by atoms with Crippen molar-refractivity contribution in [1.82, 2.24) is 39.0 Å². The van der Waals surface area contributed by atoms with E-state index in [-0.39, 0.29) is 0 Å². The normalized spacial score (nSPS) is 30.0. The molecule has 8 N–H and O–H groups in total. The Hall–Kier alpha value is -3.62. The third-order valence-electron chi connectivity index (χ3n) is 7.24. The summed E-state index contributed by atoms with van der Waals surface area (Å²) in [7, 11) is 0. The van der Waals surface area contributed by atoms with Gasteiger partial charge in [-0.2, -0.15) is 0 Å². The van der Waals surface area contributed by atoms with Crippen molar-refractivity contribution in [2.24, 2.45) is 0 Å². The first-order valence-corrected chi connectivity index (χ1v) is 13.0. The van der Waals surface area contributed by atoms with Gasteiger partial charge >= 0.3 is 0 Å². The number of aliphatic hydroxyl groups is 6. The van der Waals surface area contributed by atoms with Gasteiger partial charge in [0.1, 0.15) is 49.3 Å². The molecule has 0 bridgehead atoms. The molecule has 2 unspecified atom stereocenters. The molecule has 18 heteroatoms. The molecule has 2 saturated heterocycles. The van der Waals surface area contributed by atoms with Crippen molar-refractivity contribution in [2.75, 3.05) is 36.9 Å². The number of ether oxygens (including phenoxy) is 2. The molecule has 0 spiro atoms. The zero-order valence-corrected chi connectivity index (χ0v) is 21.5. The van der Waals surface area contributed by atoms with E-state index < -0.39 is 62.3 Å². The third kappa shape index (κ3) is 4.83. The fraction of sp³-hybridized carbons (Fsp3) is 0.565. The van der Waals surface area contributed by atoms with Crippen molar-refractivity contribution in [1.29, 1.82) is 0 Å². The summed E-state index contributed by atoms with van der Waals surface area (Å²) in [5.41, 5.74) is 1.68. The van der Waals surface area contributed by atoms with Gasteiger partial charge < -0.3 is 50.7 Å². The number of fused-ring (bicyclic) bond motifs is 2. The molecule has 4 aromatic heterocycles. The predicted octanol–water partition coefficient (Wildman–Crippen LogP) is -2.90. The summed E-state index contributed by atoms with van der Waals surface area (Å²) in [6.45, 7) is 0.135. The van der Waals surface area contributed by atoms with Gasteiger partial charge in [0.05, 0.1) is 25.9 Å². The Kier molecular flexibility index (Phi) is 7.62. The van der Waals surface area contributed by atoms with Gasteiger partial charge in [0.2, 0.25) is 0 Å². The second kappa shape index (κ2) is 11.3. The van der Waals surface area contributed by atoms with Crippen LogP contribution in [0.4, 0.5) is 11.6 Å². The number of aromatic nitrogens is 8. The zero-order chi connectivity index (χ0) is 28.7. The van der Waals surface area contributed by atoms with Crippen molar-refractivity contribution >= 4 is 34.0 Å². The van der Waals surface area contributed by atoms with Crippen LogP contribution in [0.25, 0.3) is 22.3 Å². The number of hydrogen-bond acceptors (Lipinski definition) is 16. The summed E-state index contributed by atoms with van der Waals surface area (Å²) in [4.78, 5) is 25.7. The van der Waals surface area contributed by atoms with E-state index in [1.165, 1.54) is 34.4 Å². The maximum absolute atomic E-state index is 10.4. The van der Waals surface area contributed by atoms with E-state index in [9.17, 15) is 30.6 Å². The van der Waals surface area contributed by atoms with Crippen LogP contribution in [-0.2, 0) is 9.47 Å². The highest BCUT2D eigenvalue weighted by Gasteiger charge is 2.45. The minimum absolute atomic E-state index is 0.392. The summed E-state index contributed by atoms with van der Waals surface area (Å²) >= 11 is 0. The van der Waals surface area contributed by atoms with Crippen molar-refractivity contribution in [3.05, 3.63) is 25.3 Å². The molecule has 0 aromatic carbocycles. The third-order valence-corrected chi connectivity index (χ3v) is 7.24. The molecule has 0 saturated carbocycles. The molecular weight excluding hydrogens is 544 g/mol. The highest BCUT2D eigenvalue weighted by molar-refractivity contribution is 5.83. The van der Waals surface area contributed by atoms with Gasteiger partial charge in [-0.3, -0.25) is 9.13 Å². The SMILES string of the molecule is OC[C@@H]1O[C@H](n2cnc3c(NCCCNc4ncnc5c4ncn5[C@@H]4O[C@H](CO)[C@H](O)C4O)ncnc32)C(O)[C@@H]1O. The average Bonchev–Trinajstić information content (AvgIpc) is 3.74. The van der Waals surface area contributed by atoms with Crippen LogP contribution in [0.2, 0.25) is 0 Å². The summed E-state index contributed by atoms with van der Waals surface area (Å²) in [6.07, 6.45) is -2.55. The highest BCUT2D eigenvalue weighted by atomic mass is 16.6. The fourth-order valence-corrected chi connectivity index (χ4v) is 5.06. The van der Waals surface area contributed by atoms with E-state index >= 15 is 0 Å². The Morgan fingerprint density at radius 1 is 0.634 bits per heavy atom. The molecule has 0 aliphatic carbocycles. The standard InChI is InChI=1S/C23H30N10O8/c34-4-10-14(36)16(38)22(40-10)32-8-30-12-18(26-6-28-20(12)32)24-2-1-3-25-19-13-21(29-7-27-19)33(9-31-13)23-17(39)15(37)11(5-35)41-23/h6-11,14-17,22-23,34-39H,1-5H2,(H,24,26,28)(H,25,27,29)/t10-,11+,14+,15-,16?,17?,22-,23+. The zero-order valence-electron chi connectivity index (χ0n) is 21.5. The van der Waals surface area contributed by atoms with Gasteiger partial charge in [0.15, 0.2) is 46.4 Å². The number of rotatable bonds is 10. The fourth-order valence-electron chi connectivity index (χ4n) is 5.06. The lowest BCUT2D eigenvalue weighted by atomic mass is 10.1.